The van der Waals surface area contributed by atoms with Crippen LogP contribution in [0.5, 0.6) is 0 Å². The number of ether oxygens (including phenoxy) is 1. The Hall–Kier alpha value is -2.47. The van der Waals surface area contributed by atoms with Gasteiger partial charge < -0.3 is 4.74 Å². The highest BCUT2D eigenvalue weighted by Crippen LogP contribution is 2.18. The molecule has 0 amide bonds. The second kappa shape index (κ2) is 7.69. The number of hydrogen-bond donors (Lipinski definition) is 0. The molecule has 7 heteroatoms. The Balaban J connectivity index is 2.17. The summed E-state index contributed by atoms with van der Waals surface area (Å²) >= 11 is 5.83. The number of benzene rings is 1. The van der Waals surface area contributed by atoms with E-state index in [2.05, 4.69) is 5.10 Å². The van der Waals surface area contributed by atoms with Crippen LogP contribution in [0.25, 0.3) is 11.3 Å². The van der Waals surface area contributed by atoms with E-state index in [1.165, 1.54) is 6.07 Å². The number of Topliss-reactive ketones (excluding diaryl/α,β-unsaturated/α-hetero) is 1. The fourth-order valence-electron chi connectivity index (χ4n) is 1.93. The molecule has 120 valence electrons. The SMILES string of the molecule is CCOC(=O)CC(=O)Cn1nc(-c2ccc(Cl)cc2)ccc1=O. The third-order valence-electron chi connectivity index (χ3n) is 2.98. The van der Waals surface area contributed by atoms with E-state index in [1.807, 2.05) is 0 Å². The molecule has 6 nitrogen and oxygen atoms in total. The van der Waals surface area contributed by atoms with Crippen LogP contribution in [0.1, 0.15) is 13.3 Å². The fraction of sp³-hybridized carbons (Fsp3) is 0.250. The zero-order valence-corrected chi connectivity index (χ0v) is 13.2. The molecule has 0 saturated heterocycles. The van der Waals surface area contributed by atoms with Crippen LogP contribution >= 0.6 is 11.6 Å². The normalized spacial score (nSPS) is 10.3. The molecule has 0 unspecified atom stereocenters. The molecule has 0 fully saturated rings. The second-order valence-electron chi connectivity index (χ2n) is 4.74. The Kier molecular flexibility index (Phi) is 5.65. The van der Waals surface area contributed by atoms with Crippen molar-refractivity contribution in [1.82, 2.24) is 9.78 Å². The number of rotatable bonds is 6. The summed E-state index contributed by atoms with van der Waals surface area (Å²) in [4.78, 5) is 34.9. The van der Waals surface area contributed by atoms with E-state index in [0.29, 0.717) is 10.7 Å². The number of carbonyl (C=O) groups excluding carboxylic acids is 2. The van der Waals surface area contributed by atoms with Gasteiger partial charge in [0.1, 0.15) is 13.0 Å². The zero-order valence-electron chi connectivity index (χ0n) is 12.5. The van der Waals surface area contributed by atoms with Gasteiger partial charge in [-0.2, -0.15) is 5.10 Å². The number of hydrogen-bond acceptors (Lipinski definition) is 5. The number of halogens is 1. The lowest BCUT2D eigenvalue weighted by Crippen LogP contribution is -2.27. The Bertz CT molecular complexity index is 768. The van der Waals surface area contributed by atoms with Crippen LogP contribution in [-0.4, -0.2) is 28.1 Å². The summed E-state index contributed by atoms with van der Waals surface area (Å²) < 4.78 is 5.74. The maximum atomic E-state index is 11.8. The number of nitrogens with zero attached hydrogens (tertiary/aromatic N) is 2. The summed E-state index contributed by atoms with van der Waals surface area (Å²) in [6, 6.07) is 9.84. The van der Waals surface area contributed by atoms with Crippen molar-refractivity contribution in [2.45, 2.75) is 19.9 Å². The van der Waals surface area contributed by atoms with Crippen molar-refractivity contribution >= 4 is 23.4 Å². The molecule has 2 aromatic rings. The smallest absolute Gasteiger partial charge is 0.313 e. The van der Waals surface area contributed by atoms with Gasteiger partial charge in [0.15, 0.2) is 5.78 Å². The third-order valence-corrected chi connectivity index (χ3v) is 3.23. The van der Waals surface area contributed by atoms with E-state index in [0.717, 1.165) is 10.2 Å². The predicted molar refractivity (Wildman–Crippen MR) is 85.2 cm³/mol. The second-order valence-corrected chi connectivity index (χ2v) is 5.18. The maximum Gasteiger partial charge on any atom is 0.313 e. The fourth-order valence-corrected chi connectivity index (χ4v) is 2.06. The van der Waals surface area contributed by atoms with E-state index in [9.17, 15) is 14.4 Å². The van der Waals surface area contributed by atoms with Crippen molar-refractivity contribution in [3.63, 3.8) is 0 Å². The topological polar surface area (TPSA) is 78.3 Å². The van der Waals surface area contributed by atoms with E-state index in [4.69, 9.17) is 16.3 Å². The van der Waals surface area contributed by atoms with Crippen molar-refractivity contribution in [3.8, 4) is 11.3 Å². The van der Waals surface area contributed by atoms with Crippen molar-refractivity contribution in [3.05, 3.63) is 51.8 Å². The molecule has 0 aliphatic heterocycles. The highest BCUT2D eigenvalue weighted by molar-refractivity contribution is 6.30. The summed E-state index contributed by atoms with van der Waals surface area (Å²) in [6.07, 6.45) is -0.382. The van der Waals surface area contributed by atoms with Crippen LogP contribution in [0, 0.1) is 0 Å². The van der Waals surface area contributed by atoms with E-state index in [-0.39, 0.29) is 19.6 Å². The largest absolute Gasteiger partial charge is 0.466 e. The Morgan fingerprint density at radius 2 is 1.87 bits per heavy atom. The van der Waals surface area contributed by atoms with Crippen LogP contribution in [0.4, 0.5) is 0 Å². The lowest BCUT2D eigenvalue weighted by Gasteiger charge is -2.07. The van der Waals surface area contributed by atoms with Gasteiger partial charge in [0.25, 0.3) is 5.56 Å². The molecular weight excluding hydrogens is 320 g/mol. The molecule has 0 aliphatic carbocycles. The molecule has 0 bridgehead atoms. The van der Waals surface area contributed by atoms with Crippen molar-refractivity contribution in [1.29, 1.82) is 0 Å². The molecule has 0 saturated carbocycles. The van der Waals surface area contributed by atoms with Gasteiger partial charge in [-0.1, -0.05) is 23.7 Å². The summed E-state index contributed by atoms with van der Waals surface area (Å²) in [7, 11) is 0. The van der Waals surface area contributed by atoms with Gasteiger partial charge in [-0.05, 0) is 25.1 Å². The summed E-state index contributed by atoms with van der Waals surface area (Å²) in [5.41, 5.74) is 0.881. The first-order valence-corrected chi connectivity index (χ1v) is 7.39. The molecule has 1 aromatic carbocycles. The van der Waals surface area contributed by atoms with Crippen LogP contribution < -0.4 is 5.56 Å². The first-order valence-electron chi connectivity index (χ1n) is 7.01. The molecule has 0 radical (unpaired) electrons. The standard InChI is InChI=1S/C16H15ClN2O4/c1-2-23-16(22)9-13(20)10-19-15(21)8-7-14(18-19)11-3-5-12(17)6-4-11/h3-8H,2,9-10H2,1H3. The lowest BCUT2D eigenvalue weighted by molar-refractivity contribution is -0.145. The van der Waals surface area contributed by atoms with Crippen LogP contribution in [0.15, 0.2) is 41.2 Å². The average Bonchev–Trinajstić information content (AvgIpc) is 2.50. The summed E-state index contributed by atoms with van der Waals surface area (Å²) in [5, 5.41) is 4.74. The third kappa shape index (κ3) is 4.75. The van der Waals surface area contributed by atoms with Gasteiger partial charge in [-0.15, -0.1) is 0 Å². The number of carbonyl (C=O) groups is 2. The number of esters is 1. The lowest BCUT2D eigenvalue weighted by atomic mass is 10.1. The molecule has 23 heavy (non-hydrogen) atoms. The van der Waals surface area contributed by atoms with Crippen molar-refractivity contribution in [2.75, 3.05) is 6.61 Å². The number of ketones is 1. The highest BCUT2D eigenvalue weighted by atomic mass is 35.5. The van der Waals surface area contributed by atoms with Gasteiger partial charge in [-0.25, -0.2) is 4.68 Å². The minimum atomic E-state index is -0.612. The van der Waals surface area contributed by atoms with E-state index < -0.39 is 17.3 Å². The van der Waals surface area contributed by atoms with E-state index in [1.54, 1.807) is 37.3 Å². The molecule has 2 rings (SSSR count). The van der Waals surface area contributed by atoms with Gasteiger partial charge in [-0.3, -0.25) is 14.4 Å². The predicted octanol–water partition coefficient (Wildman–Crippen LogP) is 2.09. The molecule has 1 heterocycles. The quantitative estimate of drug-likeness (QED) is 0.597. The molecule has 0 atom stereocenters. The summed E-state index contributed by atoms with van der Waals surface area (Å²) in [5.74, 6) is -1.05. The average molecular weight is 335 g/mol. The minimum Gasteiger partial charge on any atom is -0.466 e. The van der Waals surface area contributed by atoms with Gasteiger partial charge >= 0.3 is 5.97 Å². The first kappa shape index (κ1) is 16.9. The van der Waals surface area contributed by atoms with Gasteiger partial charge in [0.2, 0.25) is 0 Å². The Morgan fingerprint density at radius 1 is 1.17 bits per heavy atom. The Labute approximate surface area is 137 Å². The maximum absolute atomic E-state index is 11.8. The van der Waals surface area contributed by atoms with Gasteiger partial charge in [0, 0.05) is 16.7 Å². The minimum absolute atomic E-state index is 0.205. The first-order chi connectivity index (χ1) is 11.0. The number of aromatic nitrogens is 2. The molecular formula is C16H15ClN2O4. The molecule has 1 aromatic heterocycles. The van der Waals surface area contributed by atoms with Crippen LogP contribution in [0.2, 0.25) is 5.02 Å². The Morgan fingerprint density at radius 3 is 2.52 bits per heavy atom. The van der Waals surface area contributed by atoms with Crippen LogP contribution in [-0.2, 0) is 20.9 Å². The van der Waals surface area contributed by atoms with E-state index >= 15 is 0 Å². The molecule has 0 N–H and O–H groups in total. The van der Waals surface area contributed by atoms with Gasteiger partial charge in [0.05, 0.1) is 12.3 Å². The van der Waals surface area contributed by atoms with Crippen molar-refractivity contribution in [2.24, 2.45) is 0 Å². The molecule has 0 spiro atoms. The zero-order chi connectivity index (χ0) is 16.8. The molecule has 0 aliphatic rings. The van der Waals surface area contributed by atoms with Crippen LogP contribution in [0.3, 0.4) is 0 Å². The van der Waals surface area contributed by atoms with Crippen molar-refractivity contribution < 1.29 is 14.3 Å². The monoisotopic (exact) mass is 334 g/mol. The highest BCUT2D eigenvalue weighted by Gasteiger charge is 2.13. The summed E-state index contributed by atoms with van der Waals surface area (Å²) in [6.45, 7) is 1.58.